The molecule has 0 spiro atoms. The van der Waals surface area contributed by atoms with E-state index in [4.69, 9.17) is 0 Å². The van der Waals surface area contributed by atoms with Gasteiger partial charge in [-0.2, -0.15) is 13.2 Å². The summed E-state index contributed by atoms with van der Waals surface area (Å²) in [5.41, 5.74) is 1.43. The van der Waals surface area contributed by atoms with Gasteiger partial charge >= 0.3 is 6.18 Å². The van der Waals surface area contributed by atoms with E-state index in [1.807, 2.05) is 32.0 Å². The van der Waals surface area contributed by atoms with Crippen molar-refractivity contribution < 1.29 is 13.2 Å². The number of hydrogen-bond donors (Lipinski definition) is 1. The van der Waals surface area contributed by atoms with Crippen LogP contribution in [0, 0.1) is 13.8 Å². The Labute approximate surface area is 99.0 Å². The average molecular weight is 243 g/mol. The standard InChI is InChI=1S/C13H16F3N/c1-9-4-3-5-10(2)11(9)8-17-12(6-7-12)13(14,15)16/h3-5,17H,6-8H2,1-2H3. The van der Waals surface area contributed by atoms with Crippen LogP contribution >= 0.6 is 0 Å². The molecule has 0 bridgehead atoms. The Morgan fingerprint density at radius 2 is 1.71 bits per heavy atom. The van der Waals surface area contributed by atoms with Gasteiger partial charge in [0, 0.05) is 6.54 Å². The Hall–Kier alpha value is -1.03. The molecule has 0 atom stereocenters. The average Bonchev–Trinajstić information content (AvgIpc) is 2.97. The molecule has 0 radical (unpaired) electrons. The van der Waals surface area contributed by atoms with E-state index < -0.39 is 11.7 Å². The highest BCUT2D eigenvalue weighted by Gasteiger charge is 2.62. The van der Waals surface area contributed by atoms with Crippen molar-refractivity contribution in [2.45, 2.75) is 44.9 Å². The zero-order valence-corrected chi connectivity index (χ0v) is 9.99. The van der Waals surface area contributed by atoms with Crippen LogP contribution in [-0.2, 0) is 6.54 Å². The smallest absolute Gasteiger partial charge is 0.299 e. The van der Waals surface area contributed by atoms with E-state index in [1.54, 1.807) is 0 Å². The van der Waals surface area contributed by atoms with Crippen molar-refractivity contribution >= 4 is 0 Å². The molecule has 0 heterocycles. The van der Waals surface area contributed by atoms with E-state index >= 15 is 0 Å². The molecule has 4 heteroatoms. The van der Waals surface area contributed by atoms with Crippen LogP contribution in [0.5, 0.6) is 0 Å². The van der Waals surface area contributed by atoms with Gasteiger partial charge in [0.05, 0.1) is 0 Å². The SMILES string of the molecule is Cc1cccc(C)c1CNC1(C(F)(F)F)CC1. The summed E-state index contributed by atoms with van der Waals surface area (Å²) < 4.78 is 38.2. The molecule has 1 aromatic carbocycles. The highest BCUT2D eigenvalue weighted by molar-refractivity contribution is 5.33. The van der Waals surface area contributed by atoms with Gasteiger partial charge in [0.2, 0.25) is 0 Å². The van der Waals surface area contributed by atoms with E-state index in [2.05, 4.69) is 5.32 Å². The van der Waals surface area contributed by atoms with Gasteiger partial charge in [0.15, 0.2) is 0 Å². The van der Waals surface area contributed by atoms with Gasteiger partial charge in [0.25, 0.3) is 0 Å². The summed E-state index contributed by atoms with van der Waals surface area (Å²) >= 11 is 0. The molecule has 0 aromatic heterocycles. The Kier molecular flexibility index (Phi) is 2.94. The molecule has 1 saturated carbocycles. The topological polar surface area (TPSA) is 12.0 Å². The highest BCUT2D eigenvalue weighted by atomic mass is 19.4. The second-order valence-corrected chi connectivity index (χ2v) is 4.80. The fourth-order valence-electron chi connectivity index (χ4n) is 2.07. The quantitative estimate of drug-likeness (QED) is 0.857. The summed E-state index contributed by atoms with van der Waals surface area (Å²) in [6, 6.07) is 5.78. The van der Waals surface area contributed by atoms with Gasteiger partial charge < -0.3 is 0 Å². The lowest BCUT2D eigenvalue weighted by atomic mass is 10.0. The van der Waals surface area contributed by atoms with E-state index in [-0.39, 0.29) is 19.4 Å². The molecule has 0 unspecified atom stereocenters. The van der Waals surface area contributed by atoms with Crippen molar-refractivity contribution in [3.8, 4) is 0 Å². The second kappa shape index (κ2) is 4.02. The van der Waals surface area contributed by atoms with Crippen LogP contribution in [0.25, 0.3) is 0 Å². The van der Waals surface area contributed by atoms with E-state index in [0.29, 0.717) is 0 Å². The first-order valence-electron chi connectivity index (χ1n) is 5.73. The van der Waals surface area contributed by atoms with Gasteiger partial charge in [-0.05, 0) is 43.4 Å². The molecule has 1 fully saturated rings. The normalized spacial score (nSPS) is 18.2. The lowest BCUT2D eigenvalue weighted by Crippen LogP contribution is -2.44. The number of halogens is 3. The molecular formula is C13H16F3N. The first kappa shape index (κ1) is 12.4. The Morgan fingerprint density at radius 1 is 1.18 bits per heavy atom. The number of aryl methyl sites for hydroxylation is 2. The minimum Gasteiger partial charge on any atom is -0.299 e. The first-order valence-corrected chi connectivity index (χ1v) is 5.73. The minimum atomic E-state index is -4.14. The lowest BCUT2D eigenvalue weighted by Gasteiger charge is -2.22. The van der Waals surface area contributed by atoms with Crippen molar-refractivity contribution in [1.82, 2.24) is 5.32 Å². The fourth-order valence-corrected chi connectivity index (χ4v) is 2.07. The lowest BCUT2D eigenvalue weighted by molar-refractivity contribution is -0.166. The van der Waals surface area contributed by atoms with Crippen LogP contribution in [0.4, 0.5) is 13.2 Å². The van der Waals surface area contributed by atoms with Crippen LogP contribution in [0.15, 0.2) is 18.2 Å². The van der Waals surface area contributed by atoms with Crippen molar-refractivity contribution in [1.29, 1.82) is 0 Å². The van der Waals surface area contributed by atoms with Crippen molar-refractivity contribution in [3.63, 3.8) is 0 Å². The monoisotopic (exact) mass is 243 g/mol. The van der Waals surface area contributed by atoms with Crippen LogP contribution in [-0.4, -0.2) is 11.7 Å². The maximum Gasteiger partial charge on any atom is 0.406 e. The van der Waals surface area contributed by atoms with Crippen LogP contribution in [0.2, 0.25) is 0 Å². The van der Waals surface area contributed by atoms with E-state index in [1.165, 1.54) is 0 Å². The predicted octanol–water partition coefficient (Wildman–Crippen LogP) is 3.49. The van der Waals surface area contributed by atoms with Crippen LogP contribution in [0.1, 0.15) is 29.5 Å². The molecular weight excluding hydrogens is 227 g/mol. The van der Waals surface area contributed by atoms with Crippen molar-refractivity contribution in [3.05, 3.63) is 34.9 Å². The molecule has 2 rings (SSSR count). The second-order valence-electron chi connectivity index (χ2n) is 4.80. The number of nitrogens with one attached hydrogen (secondary N) is 1. The largest absolute Gasteiger partial charge is 0.406 e. The molecule has 0 aliphatic heterocycles. The third kappa shape index (κ3) is 2.32. The van der Waals surface area contributed by atoms with Gasteiger partial charge in [-0.1, -0.05) is 18.2 Å². The third-order valence-corrected chi connectivity index (χ3v) is 3.54. The summed E-state index contributed by atoms with van der Waals surface area (Å²) in [4.78, 5) is 0. The third-order valence-electron chi connectivity index (χ3n) is 3.54. The number of alkyl halides is 3. The Balaban J connectivity index is 2.09. The van der Waals surface area contributed by atoms with Gasteiger partial charge in [-0.25, -0.2) is 0 Å². The van der Waals surface area contributed by atoms with E-state index in [0.717, 1.165) is 16.7 Å². The molecule has 94 valence electrons. The summed E-state index contributed by atoms with van der Waals surface area (Å²) in [6.45, 7) is 4.15. The summed E-state index contributed by atoms with van der Waals surface area (Å²) in [5, 5.41) is 2.68. The zero-order valence-electron chi connectivity index (χ0n) is 9.99. The molecule has 17 heavy (non-hydrogen) atoms. The number of rotatable bonds is 3. The Bertz CT molecular complexity index is 399. The molecule has 1 N–H and O–H groups in total. The summed E-state index contributed by atoms with van der Waals surface area (Å²) in [7, 11) is 0. The molecule has 0 saturated heterocycles. The fraction of sp³-hybridized carbons (Fsp3) is 0.538. The van der Waals surface area contributed by atoms with Gasteiger partial charge in [-0.15, -0.1) is 0 Å². The minimum absolute atomic E-state index is 0.196. The van der Waals surface area contributed by atoms with E-state index in [9.17, 15) is 13.2 Å². The maximum absolute atomic E-state index is 12.7. The summed E-state index contributed by atoms with van der Waals surface area (Å²) in [6.07, 6.45) is -3.74. The highest BCUT2D eigenvalue weighted by Crippen LogP contribution is 2.49. The first-order chi connectivity index (χ1) is 7.86. The number of benzene rings is 1. The van der Waals surface area contributed by atoms with Crippen molar-refractivity contribution in [2.75, 3.05) is 0 Å². The van der Waals surface area contributed by atoms with Gasteiger partial charge in [-0.3, -0.25) is 5.32 Å². The molecule has 1 nitrogen and oxygen atoms in total. The van der Waals surface area contributed by atoms with Crippen molar-refractivity contribution in [2.24, 2.45) is 0 Å². The maximum atomic E-state index is 12.7. The number of hydrogen-bond acceptors (Lipinski definition) is 1. The molecule has 1 aliphatic rings. The Morgan fingerprint density at radius 3 is 2.12 bits per heavy atom. The van der Waals surface area contributed by atoms with Crippen LogP contribution in [0.3, 0.4) is 0 Å². The van der Waals surface area contributed by atoms with Crippen LogP contribution < -0.4 is 5.32 Å². The summed E-state index contributed by atoms with van der Waals surface area (Å²) in [5.74, 6) is 0. The van der Waals surface area contributed by atoms with Gasteiger partial charge in [0.1, 0.15) is 5.54 Å². The zero-order chi connectivity index (χ0) is 12.7. The predicted molar refractivity (Wildman–Crippen MR) is 60.8 cm³/mol. The molecule has 0 amide bonds. The molecule has 1 aliphatic carbocycles. The molecule has 1 aromatic rings.